The summed E-state index contributed by atoms with van der Waals surface area (Å²) in [4.78, 5) is 44.5. The fraction of sp³-hybridized carbons (Fsp3) is 0.333. The zero-order valence-electron chi connectivity index (χ0n) is 20.2. The number of aromatic nitrogens is 1. The van der Waals surface area contributed by atoms with E-state index in [1.165, 1.54) is 21.8 Å². The zero-order valence-corrected chi connectivity index (χ0v) is 21.0. The quantitative estimate of drug-likeness (QED) is 0.426. The summed E-state index contributed by atoms with van der Waals surface area (Å²) in [7, 11) is 4.88. The third-order valence-corrected chi connectivity index (χ3v) is 6.90. The molecule has 10 nitrogen and oxygen atoms in total. The molecule has 1 unspecified atom stereocenters. The Morgan fingerprint density at radius 3 is 2.63 bits per heavy atom. The van der Waals surface area contributed by atoms with Gasteiger partial charge < -0.3 is 30.9 Å². The number of nitrogens with two attached hydrogens (primary N) is 1. The van der Waals surface area contributed by atoms with E-state index in [0.717, 1.165) is 10.2 Å². The fourth-order valence-electron chi connectivity index (χ4n) is 3.77. The Labute approximate surface area is 207 Å². The second kappa shape index (κ2) is 9.06. The smallest absolute Gasteiger partial charge is 0.338 e. The van der Waals surface area contributed by atoms with E-state index in [-0.39, 0.29) is 18.1 Å². The normalized spacial score (nSPS) is 16.7. The first-order valence-corrected chi connectivity index (χ1v) is 11.9. The average molecular weight is 497 g/mol. The summed E-state index contributed by atoms with van der Waals surface area (Å²) >= 11 is 1.43. The van der Waals surface area contributed by atoms with Crippen LogP contribution in [-0.2, 0) is 14.3 Å². The molecule has 1 aromatic heterocycles. The van der Waals surface area contributed by atoms with Gasteiger partial charge in [0.15, 0.2) is 11.7 Å². The van der Waals surface area contributed by atoms with Gasteiger partial charge in [0.25, 0.3) is 17.6 Å². The molecular formula is C24H28N6O4S. The highest BCUT2D eigenvalue weighted by Crippen LogP contribution is 2.41. The highest BCUT2D eigenvalue weighted by Gasteiger charge is 2.48. The SMILES string of the molecule is CC(C)c1ccc2nc(NC3(C(N)=O)Nc4cc(C(=O)OCC(=O)N(C)C)ccc4N3C)sc2c1. The largest absolute Gasteiger partial charge is 0.452 e. The Hall–Kier alpha value is -3.86. The number of thiazole rings is 1. The molecule has 4 N–H and O–H groups in total. The van der Waals surface area contributed by atoms with Gasteiger partial charge in [0.1, 0.15) is 0 Å². The van der Waals surface area contributed by atoms with Crippen molar-refractivity contribution in [3.05, 3.63) is 47.5 Å². The standard InChI is InChI=1S/C24H28N6O4S/c1-13(2)14-6-8-16-19(11-14)35-23(26-16)28-24(22(25)33)27-17-10-15(7-9-18(17)30(24)5)21(32)34-12-20(31)29(3)4/h6-11,13,27H,12H2,1-5H3,(H2,25,33)(H,26,28). The summed E-state index contributed by atoms with van der Waals surface area (Å²) in [6.07, 6.45) is 0. The molecule has 1 atom stereocenters. The third kappa shape index (κ3) is 4.46. The number of ether oxygens (including phenoxy) is 1. The van der Waals surface area contributed by atoms with Crippen molar-refractivity contribution in [2.24, 2.45) is 5.73 Å². The number of carbonyl (C=O) groups excluding carboxylic acids is 3. The minimum Gasteiger partial charge on any atom is -0.452 e. The van der Waals surface area contributed by atoms with Gasteiger partial charge in [0.2, 0.25) is 0 Å². The van der Waals surface area contributed by atoms with Gasteiger partial charge in [0.05, 0.1) is 27.2 Å². The molecule has 11 heteroatoms. The third-order valence-electron chi connectivity index (χ3n) is 5.96. The van der Waals surface area contributed by atoms with E-state index < -0.39 is 17.7 Å². The molecule has 1 aliphatic rings. The van der Waals surface area contributed by atoms with Crippen molar-refractivity contribution >= 4 is 55.8 Å². The van der Waals surface area contributed by atoms with Crippen molar-refractivity contribution in [3.63, 3.8) is 0 Å². The number of nitrogens with zero attached hydrogens (tertiary/aromatic N) is 3. The van der Waals surface area contributed by atoms with Gasteiger partial charge >= 0.3 is 5.97 Å². The minimum absolute atomic E-state index is 0.234. The first kappa shape index (κ1) is 24.3. The molecule has 1 aliphatic heterocycles. The van der Waals surface area contributed by atoms with Gasteiger partial charge in [-0.05, 0) is 41.8 Å². The minimum atomic E-state index is -1.50. The van der Waals surface area contributed by atoms with Crippen LogP contribution in [0.5, 0.6) is 0 Å². The van der Waals surface area contributed by atoms with Crippen molar-refractivity contribution in [1.82, 2.24) is 9.88 Å². The lowest BCUT2D eigenvalue weighted by molar-refractivity contribution is -0.132. The molecule has 2 amide bonds. The lowest BCUT2D eigenvalue weighted by atomic mass is 10.0. The Morgan fingerprint density at radius 2 is 1.97 bits per heavy atom. The Kier molecular flexibility index (Phi) is 6.28. The second-order valence-electron chi connectivity index (χ2n) is 8.88. The summed E-state index contributed by atoms with van der Waals surface area (Å²) in [5, 5.41) is 6.82. The fourth-order valence-corrected chi connectivity index (χ4v) is 4.73. The number of benzene rings is 2. The van der Waals surface area contributed by atoms with Crippen LogP contribution in [0.4, 0.5) is 16.5 Å². The number of esters is 1. The maximum absolute atomic E-state index is 12.7. The molecule has 2 heterocycles. The number of rotatable bonds is 7. The highest BCUT2D eigenvalue weighted by molar-refractivity contribution is 7.22. The van der Waals surface area contributed by atoms with E-state index in [0.29, 0.717) is 22.4 Å². The molecule has 0 bridgehead atoms. The number of fused-ring (bicyclic) bond motifs is 2. The predicted octanol–water partition coefficient (Wildman–Crippen LogP) is 2.78. The van der Waals surface area contributed by atoms with Crippen LogP contribution in [0.1, 0.15) is 35.7 Å². The number of likely N-dealkylation sites (N-methyl/N-ethyl adjacent to an activating group) is 2. The average Bonchev–Trinajstić information content (AvgIpc) is 3.34. The maximum atomic E-state index is 12.7. The molecule has 2 aromatic carbocycles. The van der Waals surface area contributed by atoms with Gasteiger partial charge in [-0.2, -0.15) is 0 Å². The molecule has 0 aliphatic carbocycles. The Morgan fingerprint density at radius 1 is 1.23 bits per heavy atom. The number of primary amides is 1. The van der Waals surface area contributed by atoms with E-state index in [1.54, 1.807) is 44.2 Å². The molecule has 0 spiro atoms. The molecule has 184 valence electrons. The van der Waals surface area contributed by atoms with Crippen LogP contribution in [0.2, 0.25) is 0 Å². The predicted molar refractivity (Wildman–Crippen MR) is 137 cm³/mol. The number of carbonyl (C=O) groups is 3. The molecule has 4 rings (SSSR count). The van der Waals surface area contributed by atoms with Crippen molar-refractivity contribution < 1.29 is 19.1 Å². The summed E-state index contributed by atoms with van der Waals surface area (Å²) in [5.41, 5.74) is 9.27. The number of amides is 2. The van der Waals surface area contributed by atoms with Crippen LogP contribution < -0.4 is 21.3 Å². The lowest BCUT2D eigenvalue weighted by Crippen LogP contribution is -2.64. The van der Waals surface area contributed by atoms with Crippen LogP contribution in [0.15, 0.2) is 36.4 Å². The second-order valence-corrected chi connectivity index (χ2v) is 9.91. The lowest BCUT2D eigenvalue weighted by Gasteiger charge is -2.34. The van der Waals surface area contributed by atoms with Crippen molar-refractivity contribution in [2.75, 3.05) is 43.3 Å². The van der Waals surface area contributed by atoms with Gasteiger partial charge in [-0.15, -0.1) is 0 Å². The van der Waals surface area contributed by atoms with Gasteiger partial charge in [-0.3, -0.25) is 9.59 Å². The summed E-state index contributed by atoms with van der Waals surface area (Å²) < 4.78 is 6.10. The molecular weight excluding hydrogens is 468 g/mol. The maximum Gasteiger partial charge on any atom is 0.338 e. The summed E-state index contributed by atoms with van der Waals surface area (Å²) in [5.74, 6) is -2.76. The van der Waals surface area contributed by atoms with E-state index >= 15 is 0 Å². The molecule has 0 saturated carbocycles. The topological polar surface area (TPSA) is 130 Å². The Balaban J connectivity index is 1.59. The molecule has 0 radical (unpaired) electrons. The number of hydrogen-bond donors (Lipinski definition) is 3. The first-order chi connectivity index (χ1) is 16.5. The summed E-state index contributed by atoms with van der Waals surface area (Å²) in [6.45, 7) is 3.89. The van der Waals surface area contributed by atoms with Crippen LogP contribution in [0.3, 0.4) is 0 Å². The van der Waals surface area contributed by atoms with Crippen LogP contribution in [0, 0.1) is 0 Å². The van der Waals surface area contributed by atoms with E-state index in [2.05, 4.69) is 35.5 Å². The summed E-state index contributed by atoms with van der Waals surface area (Å²) in [6, 6.07) is 10.9. The zero-order chi connectivity index (χ0) is 25.5. The van der Waals surface area contributed by atoms with E-state index in [4.69, 9.17) is 10.5 Å². The van der Waals surface area contributed by atoms with Crippen molar-refractivity contribution in [3.8, 4) is 0 Å². The van der Waals surface area contributed by atoms with Gasteiger partial charge in [-0.25, -0.2) is 9.78 Å². The number of anilines is 3. The number of hydrogen-bond acceptors (Lipinski definition) is 9. The van der Waals surface area contributed by atoms with E-state index in [9.17, 15) is 14.4 Å². The first-order valence-electron chi connectivity index (χ1n) is 11.0. The molecule has 3 aromatic rings. The molecule has 0 saturated heterocycles. The molecule has 0 fully saturated rings. The van der Waals surface area contributed by atoms with Gasteiger partial charge in [0, 0.05) is 21.1 Å². The van der Waals surface area contributed by atoms with Crippen LogP contribution >= 0.6 is 11.3 Å². The number of nitrogens with one attached hydrogen (secondary N) is 2. The van der Waals surface area contributed by atoms with Crippen molar-refractivity contribution in [1.29, 1.82) is 0 Å². The van der Waals surface area contributed by atoms with Gasteiger partial charge in [-0.1, -0.05) is 31.3 Å². The molecule has 35 heavy (non-hydrogen) atoms. The van der Waals surface area contributed by atoms with E-state index in [1.807, 2.05) is 12.1 Å². The van der Waals surface area contributed by atoms with Crippen molar-refractivity contribution in [2.45, 2.75) is 25.6 Å². The van der Waals surface area contributed by atoms with Crippen LogP contribution in [0.25, 0.3) is 10.2 Å². The van der Waals surface area contributed by atoms with Crippen LogP contribution in [-0.4, -0.2) is 61.2 Å². The highest BCUT2D eigenvalue weighted by atomic mass is 32.1. The Bertz CT molecular complexity index is 1320. The monoisotopic (exact) mass is 496 g/mol.